The highest BCUT2D eigenvalue weighted by Crippen LogP contribution is 2.26. The number of fused-ring (bicyclic) bond motifs is 1. The first-order valence-corrected chi connectivity index (χ1v) is 4.35. The first-order chi connectivity index (χ1) is 6.66. The van der Waals surface area contributed by atoms with E-state index in [1.54, 1.807) is 24.5 Å². The number of phenols is 1. The van der Waals surface area contributed by atoms with Crippen molar-refractivity contribution in [1.29, 1.82) is 0 Å². The number of Topliss-reactive ketones (excluding diaryl/α,β-unsaturated/α-hetero) is 1. The van der Waals surface area contributed by atoms with Crippen molar-refractivity contribution in [3.63, 3.8) is 0 Å². The predicted molar refractivity (Wildman–Crippen MR) is 52.3 cm³/mol. The molecule has 0 unspecified atom stereocenters. The topological polar surface area (TPSA) is 50.4 Å². The van der Waals surface area contributed by atoms with Gasteiger partial charge in [0.05, 0.1) is 6.26 Å². The van der Waals surface area contributed by atoms with Gasteiger partial charge in [0.25, 0.3) is 0 Å². The van der Waals surface area contributed by atoms with Crippen molar-refractivity contribution in [1.82, 2.24) is 0 Å². The maximum atomic E-state index is 10.9. The molecule has 0 aliphatic rings. The van der Waals surface area contributed by atoms with E-state index in [0.29, 0.717) is 11.1 Å². The minimum atomic E-state index is 0.0196. The Balaban J connectivity index is 2.53. The van der Waals surface area contributed by atoms with Crippen molar-refractivity contribution in [3.8, 4) is 5.75 Å². The molecule has 72 valence electrons. The molecule has 0 fully saturated rings. The number of benzene rings is 1. The molecule has 1 aromatic heterocycles. The van der Waals surface area contributed by atoms with Crippen molar-refractivity contribution in [3.05, 3.63) is 30.0 Å². The molecule has 2 aromatic rings. The summed E-state index contributed by atoms with van der Waals surface area (Å²) in [5.74, 6) is 0.167. The highest BCUT2D eigenvalue weighted by atomic mass is 16.3. The molecule has 1 aromatic carbocycles. The van der Waals surface area contributed by atoms with Crippen LogP contribution in [0.2, 0.25) is 0 Å². The van der Waals surface area contributed by atoms with Gasteiger partial charge in [-0.05, 0) is 25.1 Å². The fourth-order valence-electron chi connectivity index (χ4n) is 1.45. The summed E-state index contributed by atoms with van der Waals surface area (Å²) in [5.41, 5.74) is 1.30. The Bertz CT molecular complexity index is 482. The van der Waals surface area contributed by atoms with Gasteiger partial charge in [-0.2, -0.15) is 0 Å². The monoisotopic (exact) mass is 190 g/mol. The summed E-state index contributed by atoms with van der Waals surface area (Å²) in [7, 11) is 0. The molecular formula is C11H10O3. The van der Waals surface area contributed by atoms with Crippen LogP contribution in [0.1, 0.15) is 12.5 Å². The van der Waals surface area contributed by atoms with Crippen LogP contribution in [0.4, 0.5) is 0 Å². The van der Waals surface area contributed by atoms with E-state index in [9.17, 15) is 9.90 Å². The third-order valence-electron chi connectivity index (χ3n) is 2.09. The second kappa shape index (κ2) is 3.18. The Hall–Kier alpha value is -1.77. The van der Waals surface area contributed by atoms with Crippen molar-refractivity contribution in [2.75, 3.05) is 0 Å². The zero-order valence-electron chi connectivity index (χ0n) is 7.78. The zero-order valence-corrected chi connectivity index (χ0v) is 7.78. The molecule has 2 rings (SSSR count). The number of rotatable bonds is 2. The number of ketones is 1. The fourth-order valence-corrected chi connectivity index (χ4v) is 1.45. The molecule has 0 saturated heterocycles. The molecule has 14 heavy (non-hydrogen) atoms. The van der Waals surface area contributed by atoms with Crippen molar-refractivity contribution in [2.45, 2.75) is 13.3 Å². The number of hydrogen-bond acceptors (Lipinski definition) is 3. The number of phenolic OH excluding ortho intramolecular Hbond substituents is 1. The largest absolute Gasteiger partial charge is 0.508 e. The summed E-state index contributed by atoms with van der Waals surface area (Å²) < 4.78 is 5.17. The maximum Gasteiger partial charge on any atom is 0.134 e. The van der Waals surface area contributed by atoms with Crippen LogP contribution < -0.4 is 0 Å². The van der Waals surface area contributed by atoms with Crippen LogP contribution in [-0.4, -0.2) is 10.9 Å². The summed E-state index contributed by atoms with van der Waals surface area (Å²) >= 11 is 0. The molecule has 3 heteroatoms. The number of furan rings is 1. The quantitative estimate of drug-likeness (QED) is 0.790. The second-order valence-corrected chi connectivity index (χ2v) is 3.32. The van der Waals surface area contributed by atoms with Gasteiger partial charge in [-0.15, -0.1) is 0 Å². The predicted octanol–water partition coefficient (Wildman–Crippen LogP) is 2.27. The molecule has 0 atom stereocenters. The van der Waals surface area contributed by atoms with E-state index in [4.69, 9.17) is 4.42 Å². The van der Waals surface area contributed by atoms with Gasteiger partial charge < -0.3 is 9.52 Å². The molecule has 0 spiro atoms. The average molecular weight is 190 g/mol. The zero-order chi connectivity index (χ0) is 10.1. The summed E-state index contributed by atoms with van der Waals surface area (Å²) in [6.07, 6.45) is 1.80. The summed E-state index contributed by atoms with van der Waals surface area (Å²) in [6.45, 7) is 1.49. The number of aromatic hydroxyl groups is 1. The van der Waals surface area contributed by atoms with Crippen molar-refractivity contribution >= 4 is 16.8 Å². The minimum Gasteiger partial charge on any atom is -0.508 e. The third-order valence-corrected chi connectivity index (χ3v) is 2.09. The minimum absolute atomic E-state index is 0.0196. The van der Waals surface area contributed by atoms with Crippen LogP contribution in [0, 0.1) is 0 Å². The average Bonchev–Trinajstić information content (AvgIpc) is 2.51. The van der Waals surface area contributed by atoms with Crippen LogP contribution in [0.5, 0.6) is 5.75 Å². The molecule has 3 nitrogen and oxygen atoms in total. The Morgan fingerprint density at radius 1 is 1.50 bits per heavy atom. The van der Waals surface area contributed by atoms with E-state index < -0.39 is 0 Å². The summed E-state index contributed by atoms with van der Waals surface area (Å²) in [5, 5.41) is 10.4. The smallest absolute Gasteiger partial charge is 0.134 e. The van der Waals surface area contributed by atoms with E-state index >= 15 is 0 Å². The second-order valence-electron chi connectivity index (χ2n) is 3.32. The van der Waals surface area contributed by atoms with Gasteiger partial charge in [-0.3, -0.25) is 4.79 Å². The fraction of sp³-hybridized carbons (Fsp3) is 0.182. The molecule has 0 amide bonds. The van der Waals surface area contributed by atoms with Gasteiger partial charge >= 0.3 is 0 Å². The third kappa shape index (κ3) is 1.48. The van der Waals surface area contributed by atoms with Gasteiger partial charge in [0.1, 0.15) is 17.1 Å². The van der Waals surface area contributed by atoms with Crippen LogP contribution in [-0.2, 0) is 11.2 Å². The summed E-state index contributed by atoms with van der Waals surface area (Å²) in [4.78, 5) is 10.9. The van der Waals surface area contributed by atoms with E-state index in [1.807, 2.05) is 0 Å². The first kappa shape index (κ1) is 8.81. The van der Waals surface area contributed by atoms with Crippen LogP contribution in [0.25, 0.3) is 11.0 Å². The Morgan fingerprint density at radius 2 is 2.29 bits per heavy atom. The lowest BCUT2D eigenvalue weighted by molar-refractivity contribution is -0.116. The van der Waals surface area contributed by atoms with E-state index in [-0.39, 0.29) is 18.0 Å². The lowest BCUT2D eigenvalue weighted by Gasteiger charge is -2.01. The number of hydrogen-bond donors (Lipinski definition) is 1. The van der Waals surface area contributed by atoms with E-state index in [0.717, 1.165) is 5.39 Å². The molecule has 0 saturated carbocycles. The van der Waals surface area contributed by atoms with Crippen LogP contribution >= 0.6 is 0 Å². The highest BCUT2D eigenvalue weighted by Gasteiger charge is 2.07. The lowest BCUT2D eigenvalue weighted by atomic mass is 10.1. The van der Waals surface area contributed by atoms with Crippen molar-refractivity contribution < 1.29 is 14.3 Å². The van der Waals surface area contributed by atoms with Crippen LogP contribution in [0.15, 0.2) is 28.9 Å². The molecule has 0 radical (unpaired) electrons. The number of carbonyl (C=O) groups is 1. The van der Waals surface area contributed by atoms with Gasteiger partial charge in [0, 0.05) is 17.4 Å². The van der Waals surface area contributed by atoms with Gasteiger partial charge in [-0.25, -0.2) is 0 Å². The maximum absolute atomic E-state index is 10.9. The standard InChI is InChI=1S/C11H10O3/c1-7(12)4-9-6-11-8(2-3-14-11)5-10(9)13/h2-3,5-6,13H,4H2,1H3. The van der Waals surface area contributed by atoms with Gasteiger partial charge in [0.15, 0.2) is 0 Å². The Kier molecular flexibility index (Phi) is 2.00. The normalized spacial score (nSPS) is 10.6. The van der Waals surface area contributed by atoms with Gasteiger partial charge in [0.2, 0.25) is 0 Å². The molecular weight excluding hydrogens is 180 g/mol. The molecule has 0 aliphatic heterocycles. The van der Waals surface area contributed by atoms with E-state index in [1.165, 1.54) is 6.92 Å². The number of carbonyl (C=O) groups excluding carboxylic acids is 1. The Morgan fingerprint density at radius 3 is 3.00 bits per heavy atom. The molecule has 1 N–H and O–H groups in total. The Labute approximate surface area is 81.0 Å². The van der Waals surface area contributed by atoms with Crippen molar-refractivity contribution in [2.24, 2.45) is 0 Å². The molecule has 0 bridgehead atoms. The SMILES string of the molecule is CC(=O)Cc1cc2occc2cc1O. The highest BCUT2D eigenvalue weighted by molar-refractivity contribution is 5.84. The molecule has 0 aliphatic carbocycles. The summed E-state index contributed by atoms with van der Waals surface area (Å²) in [6, 6.07) is 5.08. The molecule has 1 heterocycles. The first-order valence-electron chi connectivity index (χ1n) is 4.35. The van der Waals surface area contributed by atoms with Gasteiger partial charge in [-0.1, -0.05) is 0 Å². The lowest BCUT2D eigenvalue weighted by Crippen LogP contribution is -1.96. The van der Waals surface area contributed by atoms with E-state index in [2.05, 4.69) is 0 Å². The van der Waals surface area contributed by atoms with Crippen LogP contribution in [0.3, 0.4) is 0 Å².